The average Bonchev–Trinajstić information content (AvgIpc) is 2.35. The second-order valence-electron chi connectivity index (χ2n) is 5.88. The number of pyridine rings is 1. The maximum Gasteiger partial charge on any atom is 0.258 e. The molecular formula is C14H25N3O2S. The van der Waals surface area contributed by atoms with Crippen LogP contribution in [0.25, 0.3) is 0 Å². The van der Waals surface area contributed by atoms with Gasteiger partial charge in [-0.25, -0.2) is 18.1 Å². The summed E-state index contributed by atoms with van der Waals surface area (Å²) in [4.78, 5) is 4.06. The zero-order valence-corrected chi connectivity index (χ0v) is 13.7. The summed E-state index contributed by atoms with van der Waals surface area (Å²) in [5.41, 5.74) is 0.491. The zero-order chi connectivity index (χ0) is 15.4. The number of aromatic nitrogens is 1. The highest BCUT2D eigenvalue weighted by molar-refractivity contribution is 7.89. The third-order valence-corrected chi connectivity index (χ3v) is 4.70. The van der Waals surface area contributed by atoms with E-state index in [1.54, 1.807) is 18.3 Å². The highest BCUT2D eigenvalue weighted by Crippen LogP contribution is 2.14. The molecule has 6 heteroatoms. The molecule has 0 spiro atoms. The van der Waals surface area contributed by atoms with Crippen molar-refractivity contribution in [2.45, 2.75) is 64.2 Å². The fourth-order valence-corrected chi connectivity index (χ4v) is 2.90. The van der Waals surface area contributed by atoms with Crippen LogP contribution in [0.3, 0.4) is 0 Å². The molecule has 0 saturated heterocycles. The minimum absolute atomic E-state index is 0.0623. The molecule has 1 aromatic rings. The van der Waals surface area contributed by atoms with Crippen molar-refractivity contribution in [3.63, 3.8) is 0 Å². The topological polar surface area (TPSA) is 71.1 Å². The van der Waals surface area contributed by atoms with E-state index in [1.165, 1.54) is 0 Å². The Morgan fingerprint density at radius 1 is 1.30 bits per heavy atom. The molecule has 20 heavy (non-hydrogen) atoms. The van der Waals surface area contributed by atoms with E-state index < -0.39 is 15.6 Å². The maximum absolute atomic E-state index is 12.2. The van der Waals surface area contributed by atoms with Gasteiger partial charge in [0.15, 0.2) is 5.03 Å². The number of nitrogens with one attached hydrogen (secondary N) is 2. The van der Waals surface area contributed by atoms with Gasteiger partial charge >= 0.3 is 0 Å². The van der Waals surface area contributed by atoms with Gasteiger partial charge in [0.2, 0.25) is 0 Å². The van der Waals surface area contributed by atoms with E-state index in [1.807, 2.05) is 20.8 Å². The van der Waals surface area contributed by atoms with Crippen molar-refractivity contribution in [1.29, 1.82) is 0 Å². The van der Waals surface area contributed by atoms with Gasteiger partial charge in [-0.3, -0.25) is 0 Å². The molecule has 0 bridgehead atoms. The van der Waals surface area contributed by atoms with Gasteiger partial charge in [0.05, 0.1) is 0 Å². The molecular weight excluding hydrogens is 274 g/mol. The Kier molecular flexibility index (Phi) is 5.68. The molecule has 0 aliphatic rings. The lowest BCUT2D eigenvalue weighted by Gasteiger charge is -2.23. The predicted molar refractivity (Wildman–Crippen MR) is 80.9 cm³/mol. The Labute approximate surface area is 122 Å². The van der Waals surface area contributed by atoms with Crippen LogP contribution in [-0.2, 0) is 16.6 Å². The van der Waals surface area contributed by atoms with Crippen molar-refractivity contribution in [2.24, 2.45) is 0 Å². The normalized spacial score (nSPS) is 12.9. The van der Waals surface area contributed by atoms with Crippen molar-refractivity contribution >= 4 is 10.0 Å². The fourth-order valence-electron chi connectivity index (χ4n) is 1.48. The lowest BCUT2D eigenvalue weighted by atomic mass is 10.0. The molecule has 1 heterocycles. The molecule has 0 atom stereocenters. The van der Waals surface area contributed by atoms with Crippen LogP contribution in [0.2, 0.25) is 0 Å². The minimum Gasteiger partial charge on any atom is -0.310 e. The van der Waals surface area contributed by atoms with Gasteiger partial charge < -0.3 is 5.32 Å². The highest BCUT2D eigenvalue weighted by Gasteiger charge is 2.25. The fraction of sp³-hybridized carbons (Fsp3) is 0.643. The van der Waals surface area contributed by atoms with Crippen molar-refractivity contribution in [2.75, 3.05) is 0 Å². The monoisotopic (exact) mass is 299 g/mol. The first kappa shape index (κ1) is 17.1. The molecule has 0 unspecified atom stereocenters. The minimum atomic E-state index is -3.56. The highest BCUT2D eigenvalue weighted by atomic mass is 32.2. The molecule has 0 aromatic carbocycles. The number of hydrogen-bond donors (Lipinski definition) is 2. The van der Waals surface area contributed by atoms with Crippen LogP contribution in [0, 0.1) is 0 Å². The van der Waals surface area contributed by atoms with Crippen LogP contribution in [0.5, 0.6) is 0 Å². The van der Waals surface area contributed by atoms with Crippen molar-refractivity contribution in [3.8, 4) is 0 Å². The van der Waals surface area contributed by atoms with Crippen molar-refractivity contribution in [3.05, 3.63) is 23.9 Å². The summed E-state index contributed by atoms with van der Waals surface area (Å²) < 4.78 is 27.1. The Morgan fingerprint density at radius 2 is 1.95 bits per heavy atom. The number of nitrogens with zero attached hydrogens (tertiary/aromatic N) is 1. The smallest absolute Gasteiger partial charge is 0.258 e. The van der Waals surface area contributed by atoms with Gasteiger partial charge in [-0.2, -0.15) is 0 Å². The van der Waals surface area contributed by atoms with Gasteiger partial charge in [-0.1, -0.05) is 26.8 Å². The van der Waals surface area contributed by atoms with E-state index in [-0.39, 0.29) is 5.03 Å². The van der Waals surface area contributed by atoms with Gasteiger partial charge in [0.1, 0.15) is 0 Å². The summed E-state index contributed by atoms with van der Waals surface area (Å²) in [7, 11) is -3.56. The quantitative estimate of drug-likeness (QED) is 0.808. The summed E-state index contributed by atoms with van der Waals surface area (Å²) in [6.45, 7) is 10.4. The summed E-state index contributed by atoms with van der Waals surface area (Å²) in [5, 5.41) is 3.32. The molecule has 2 N–H and O–H groups in total. The Morgan fingerprint density at radius 3 is 2.40 bits per heavy atom. The van der Waals surface area contributed by atoms with E-state index in [0.717, 1.165) is 5.56 Å². The van der Waals surface area contributed by atoms with Gasteiger partial charge in [0.25, 0.3) is 10.0 Å². The first-order valence-electron chi connectivity index (χ1n) is 6.88. The predicted octanol–water partition coefficient (Wildman–Crippen LogP) is 2.05. The molecule has 0 aliphatic heterocycles. The molecule has 114 valence electrons. The summed E-state index contributed by atoms with van der Waals surface area (Å²) in [5.74, 6) is 0. The Hall–Kier alpha value is -0.980. The standard InChI is InChI=1S/C14H25N3O2S/c1-6-14(4,5)17-20(18,19)13-8-7-12(10-16-13)9-15-11(2)3/h7-8,10-11,15,17H,6,9H2,1-5H3. The Bertz CT molecular complexity index is 522. The lowest BCUT2D eigenvalue weighted by Crippen LogP contribution is -2.42. The van der Waals surface area contributed by atoms with Crippen molar-refractivity contribution in [1.82, 2.24) is 15.0 Å². The average molecular weight is 299 g/mol. The van der Waals surface area contributed by atoms with E-state index in [2.05, 4.69) is 28.9 Å². The maximum atomic E-state index is 12.2. The van der Waals surface area contributed by atoms with Crippen LogP contribution in [-0.4, -0.2) is 25.0 Å². The summed E-state index contributed by atoms with van der Waals surface area (Å²) in [6, 6.07) is 3.71. The van der Waals surface area contributed by atoms with E-state index in [4.69, 9.17) is 0 Å². The number of hydrogen-bond acceptors (Lipinski definition) is 4. The number of sulfonamides is 1. The van der Waals surface area contributed by atoms with Crippen LogP contribution < -0.4 is 10.0 Å². The molecule has 0 radical (unpaired) electrons. The van der Waals surface area contributed by atoms with E-state index in [9.17, 15) is 8.42 Å². The SMILES string of the molecule is CCC(C)(C)NS(=O)(=O)c1ccc(CNC(C)C)cn1. The zero-order valence-electron chi connectivity index (χ0n) is 12.9. The van der Waals surface area contributed by atoms with Crippen LogP contribution >= 0.6 is 0 Å². The molecule has 0 aliphatic carbocycles. The molecule has 0 saturated carbocycles. The first-order chi connectivity index (χ1) is 9.16. The first-order valence-corrected chi connectivity index (χ1v) is 8.37. The largest absolute Gasteiger partial charge is 0.310 e. The third-order valence-electron chi connectivity index (χ3n) is 3.08. The van der Waals surface area contributed by atoms with Gasteiger partial charge in [0, 0.05) is 24.3 Å². The lowest BCUT2D eigenvalue weighted by molar-refractivity contribution is 0.438. The van der Waals surface area contributed by atoms with E-state index in [0.29, 0.717) is 19.0 Å². The van der Waals surface area contributed by atoms with Crippen molar-refractivity contribution < 1.29 is 8.42 Å². The van der Waals surface area contributed by atoms with Crippen LogP contribution in [0.15, 0.2) is 23.4 Å². The molecule has 1 rings (SSSR count). The van der Waals surface area contributed by atoms with Crippen LogP contribution in [0.1, 0.15) is 46.6 Å². The van der Waals surface area contributed by atoms with Gasteiger partial charge in [-0.15, -0.1) is 0 Å². The summed E-state index contributed by atoms with van der Waals surface area (Å²) >= 11 is 0. The number of rotatable bonds is 7. The van der Waals surface area contributed by atoms with E-state index >= 15 is 0 Å². The third kappa shape index (κ3) is 5.19. The molecule has 0 amide bonds. The Balaban J connectivity index is 2.82. The molecule has 1 aromatic heterocycles. The molecule has 5 nitrogen and oxygen atoms in total. The van der Waals surface area contributed by atoms with Gasteiger partial charge in [-0.05, 0) is 31.9 Å². The second kappa shape index (κ2) is 6.65. The summed E-state index contributed by atoms with van der Waals surface area (Å²) in [6.07, 6.45) is 2.31. The molecule has 0 fully saturated rings. The second-order valence-corrected chi connectivity index (χ2v) is 7.51. The van der Waals surface area contributed by atoms with Crippen LogP contribution in [0.4, 0.5) is 0 Å².